The fraction of sp³-hybridized carbons (Fsp3) is 0.760. The van der Waals surface area contributed by atoms with Gasteiger partial charge >= 0.3 is 0 Å². The van der Waals surface area contributed by atoms with Crippen LogP contribution in [0.2, 0.25) is 0 Å². The van der Waals surface area contributed by atoms with Crippen molar-refractivity contribution in [2.24, 2.45) is 29.2 Å². The molecule has 0 amide bonds. The monoisotopic (exact) mass is 429 g/mol. The van der Waals surface area contributed by atoms with Crippen LogP contribution in [0.4, 0.5) is 17.1 Å². The van der Waals surface area contributed by atoms with Crippen molar-refractivity contribution < 1.29 is 4.74 Å². The SMILES string of the molecule is Nc1cc(OCC2CCC(C3CCC(N)CC3)CC2)c(N)c(N)c1C1CCC(N)CC1. The number of hydrogen-bond acceptors (Lipinski definition) is 6. The molecule has 0 aromatic heterocycles. The van der Waals surface area contributed by atoms with E-state index in [-0.39, 0.29) is 0 Å². The van der Waals surface area contributed by atoms with Crippen molar-refractivity contribution in [3.05, 3.63) is 11.6 Å². The van der Waals surface area contributed by atoms with Gasteiger partial charge in [-0.05, 0) is 101 Å². The summed E-state index contributed by atoms with van der Waals surface area (Å²) in [5.41, 5.74) is 34.3. The highest BCUT2D eigenvalue weighted by molar-refractivity contribution is 5.81. The van der Waals surface area contributed by atoms with Crippen LogP contribution in [0.25, 0.3) is 0 Å². The van der Waals surface area contributed by atoms with Gasteiger partial charge in [0.15, 0.2) is 0 Å². The van der Waals surface area contributed by atoms with Crippen LogP contribution in [-0.4, -0.2) is 18.7 Å². The molecule has 3 aliphatic rings. The van der Waals surface area contributed by atoms with Crippen molar-refractivity contribution in [3.63, 3.8) is 0 Å². The summed E-state index contributed by atoms with van der Waals surface area (Å²) in [6.45, 7) is 0.697. The normalized spacial score (nSPS) is 34.4. The van der Waals surface area contributed by atoms with Gasteiger partial charge in [0.05, 0.1) is 18.0 Å². The standard InChI is InChI=1S/C25H43N5O/c26-19-9-5-17(6-10-19)16-3-1-15(2-4-16)14-31-22-13-21(28)23(25(30)24(22)29)18-7-11-20(27)12-8-18/h13,15-20H,1-12,14,26-30H2. The van der Waals surface area contributed by atoms with E-state index in [1.54, 1.807) is 0 Å². The summed E-state index contributed by atoms with van der Waals surface area (Å²) in [5, 5.41) is 0. The lowest BCUT2D eigenvalue weighted by atomic mass is 9.70. The molecule has 3 fully saturated rings. The Morgan fingerprint density at radius 3 is 1.77 bits per heavy atom. The Morgan fingerprint density at radius 1 is 0.677 bits per heavy atom. The third-order valence-electron chi connectivity index (χ3n) is 8.47. The van der Waals surface area contributed by atoms with E-state index in [9.17, 15) is 0 Å². The molecular formula is C25H43N5O. The van der Waals surface area contributed by atoms with E-state index in [4.69, 9.17) is 33.4 Å². The zero-order valence-electron chi connectivity index (χ0n) is 19.0. The highest BCUT2D eigenvalue weighted by Crippen LogP contribution is 2.45. The molecule has 0 spiro atoms. The first-order valence-electron chi connectivity index (χ1n) is 12.5. The third-order valence-corrected chi connectivity index (χ3v) is 8.47. The zero-order chi connectivity index (χ0) is 22.0. The Hall–Kier alpha value is -1.66. The lowest BCUT2D eigenvalue weighted by Gasteiger charge is -2.37. The molecule has 6 nitrogen and oxygen atoms in total. The van der Waals surface area contributed by atoms with Gasteiger partial charge in [-0.15, -0.1) is 0 Å². The number of ether oxygens (including phenoxy) is 1. The molecule has 6 heteroatoms. The molecular weight excluding hydrogens is 386 g/mol. The molecule has 174 valence electrons. The summed E-state index contributed by atoms with van der Waals surface area (Å²) in [6, 6.07) is 2.63. The van der Waals surface area contributed by atoms with Crippen LogP contribution in [0.15, 0.2) is 6.07 Å². The molecule has 1 aromatic carbocycles. The van der Waals surface area contributed by atoms with Crippen molar-refractivity contribution in [1.82, 2.24) is 0 Å². The van der Waals surface area contributed by atoms with Gasteiger partial charge in [0.2, 0.25) is 0 Å². The highest BCUT2D eigenvalue weighted by Gasteiger charge is 2.31. The predicted molar refractivity (Wildman–Crippen MR) is 130 cm³/mol. The molecule has 0 bridgehead atoms. The molecule has 4 rings (SSSR count). The Labute approximate surface area is 187 Å². The van der Waals surface area contributed by atoms with E-state index in [1.165, 1.54) is 51.4 Å². The van der Waals surface area contributed by atoms with Crippen molar-refractivity contribution in [2.75, 3.05) is 23.8 Å². The van der Waals surface area contributed by atoms with Crippen molar-refractivity contribution >= 4 is 17.1 Å². The minimum absolute atomic E-state index is 0.296. The van der Waals surface area contributed by atoms with E-state index in [1.807, 2.05) is 6.07 Å². The summed E-state index contributed by atoms with van der Waals surface area (Å²) in [7, 11) is 0. The minimum Gasteiger partial charge on any atom is -0.491 e. The van der Waals surface area contributed by atoms with Gasteiger partial charge in [-0.1, -0.05) is 0 Å². The molecule has 10 N–H and O–H groups in total. The molecule has 1 aromatic rings. The fourth-order valence-corrected chi connectivity index (χ4v) is 6.36. The Balaban J connectivity index is 1.31. The lowest BCUT2D eigenvalue weighted by Crippen LogP contribution is -2.31. The van der Waals surface area contributed by atoms with Crippen molar-refractivity contribution in [2.45, 2.75) is 95.1 Å². The van der Waals surface area contributed by atoms with Crippen LogP contribution in [0, 0.1) is 17.8 Å². The maximum Gasteiger partial charge on any atom is 0.146 e. The van der Waals surface area contributed by atoms with E-state index >= 15 is 0 Å². The van der Waals surface area contributed by atoms with Gasteiger partial charge in [-0.2, -0.15) is 0 Å². The summed E-state index contributed by atoms with van der Waals surface area (Å²) in [4.78, 5) is 0. The first kappa shape index (κ1) is 22.5. The Kier molecular flexibility index (Phi) is 7.17. The van der Waals surface area contributed by atoms with Gasteiger partial charge < -0.3 is 33.4 Å². The molecule has 0 radical (unpaired) electrons. The van der Waals surface area contributed by atoms with Crippen LogP contribution in [0.3, 0.4) is 0 Å². The largest absolute Gasteiger partial charge is 0.491 e. The first-order valence-corrected chi connectivity index (χ1v) is 12.5. The number of nitrogen functional groups attached to an aromatic ring is 3. The van der Waals surface area contributed by atoms with Crippen LogP contribution >= 0.6 is 0 Å². The first-order chi connectivity index (χ1) is 14.9. The molecule has 3 saturated carbocycles. The quantitative estimate of drug-likeness (QED) is 0.446. The van der Waals surface area contributed by atoms with Crippen LogP contribution < -0.4 is 33.4 Å². The summed E-state index contributed by atoms with van der Waals surface area (Å²) >= 11 is 0. The van der Waals surface area contributed by atoms with E-state index < -0.39 is 0 Å². The lowest BCUT2D eigenvalue weighted by molar-refractivity contribution is 0.132. The number of nitrogens with two attached hydrogens (primary N) is 5. The van der Waals surface area contributed by atoms with Crippen molar-refractivity contribution in [1.29, 1.82) is 0 Å². The predicted octanol–water partition coefficient (Wildman–Crippen LogP) is 4.12. The average molecular weight is 430 g/mol. The second kappa shape index (κ2) is 9.86. The number of hydrogen-bond donors (Lipinski definition) is 5. The second-order valence-corrected chi connectivity index (χ2v) is 10.6. The topological polar surface area (TPSA) is 139 Å². The van der Waals surface area contributed by atoms with Crippen LogP contribution in [-0.2, 0) is 0 Å². The smallest absolute Gasteiger partial charge is 0.146 e. The summed E-state index contributed by atoms with van der Waals surface area (Å²) in [6.07, 6.45) is 14.2. The van der Waals surface area contributed by atoms with E-state index in [0.717, 1.165) is 43.1 Å². The van der Waals surface area contributed by atoms with Gasteiger partial charge in [-0.25, -0.2) is 0 Å². The number of rotatable bonds is 5. The Bertz CT molecular complexity index is 730. The molecule has 0 atom stereocenters. The zero-order valence-corrected chi connectivity index (χ0v) is 19.0. The van der Waals surface area contributed by atoms with Crippen molar-refractivity contribution in [3.8, 4) is 5.75 Å². The van der Waals surface area contributed by atoms with Crippen LogP contribution in [0.1, 0.15) is 88.5 Å². The molecule has 0 unspecified atom stereocenters. The molecule has 0 saturated heterocycles. The Morgan fingerprint density at radius 2 is 1.19 bits per heavy atom. The van der Waals surface area contributed by atoms with Crippen LogP contribution in [0.5, 0.6) is 5.75 Å². The average Bonchev–Trinajstić information content (AvgIpc) is 2.77. The number of benzene rings is 1. The van der Waals surface area contributed by atoms with E-state index in [2.05, 4.69) is 0 Å². The molecule has 3 aliphatic carbocycles. The second-order valence-electron chi connectivity index (χ2n) is 10.6. The minimum atomic E-state index is 0.296. The van der Waals surface area contributed by atoms with Gasteiger partial charge in [0, 0.05) is 29.4 Å². The maximum absolute atomic E-state index is 6.44. The molecule has 0 aliphatic heterocycles. The summed E-state index contributed by atoms with van der Waals surface area (Å²) < 4.78 is 6.17. The van der Waals surface area contributed by atoms with Gasteiger partial charge in [0.25, 0.3) is 0 Å². The fourth-order valence-electron chi connectivity index (χ4n) is 6.36. The van der Waals surface area contributed by atoms with Gasteiger partial charge in [0.1, 0.15) is 5.75 Å². The van der Waals surface area contributed by atoms with Gasteiger partial charge in [-0.3, -0.25) is 0 Å². The molecule has 0 heterocycles. The third kappa shape index (κ3) is 5.23. The summed E-state index contributed by atoms with van der Waals surface area (Å²) in [5.74, 6) is 3.35. The van der Waals surface area contributed by atoms with E-state index in [0.29, 0.717) is 53.3 Å². The maximum atomic E-state index is 6.44. The molecule has 31 heavy (non-hydrogen) atoms. The highest BCUT2D eigenvalue weighted by atomic mass is 16.5. The number of anilines is 3.